The van der Waals surface area contributed by atoms with Crippen molar-refractivity contribution < 1.29 is 9.13 Å². The van der Waals surface area contributed by atoms with Gasteiger partial charge in [0.1, 0.15) is 6.10 Å². The van der Waals surface area contributed by atoms with Crippen LogP contribution in [-0.4, -0.2) is 43.2 Å². The largest absolute Gasteiger partial charge is 0.486 e. The summed E-state index contributed by atoms with van der Waals surface area (Å²) in [4.78, 5) is 4.20. The van der Waals surface area contributed by atoms with Crippen LogP contribution in [0.3, 0.4) is 0 Å². The van der Waals surface area contributed by atoms with Crippen LogP contribution in [0.25, 0.3) is 0 Å². The van der Waals surface area contributed by atoms with Gasteiger partial charge >= 0.3 is 0 Å². The molecule has 0 aliphatic carbocycles. The highest BCUT2D eigenvalue weighted by atomic mass is 127. The van der Waals surface area contributed by atoms with E-state index >= 15 is 0 Å². The third-order valence-corrected chi connectivity index (χ3v) is 4.86. The number of guanidine groups is 1. The third-order valence-electron chi connectivity index (χ3n) is 3.47. The molecule has 2 atom stereocenters. The summed E-state index contributed by atoms with van der Waals surface area (Å²) in [6, 6.07) is 6.45. The molecule has 1 heterocycles. The van der Waals surface area contributed by atoms with E-state index in [4.69, 9.17) is 4.74 Å². The van der Waals surface area contributed by atoms with Gasteiger partial charge in [0.25, 0.3) is 0 Å². The average molecular weight is 453 g/mol. The number of aliphatic imine (C=N–C) groups is 1. The normalized spacial score (nSPS) is 18.9. The second kappa shape index (κ2) is 11.0. The van der Waals surface area contributed by atoms with E-state index in [1.165, 1.54) is 24.7 Å². The average Bonchev–Trinajstić information content (AvgIpc) is 3.03. The lowest BCUT2D eigenvalue weighted by Crippen LogP contribution is -2.43. The Morgan fingerprint density at radius 2 is 2.22 bits per heavy atom. The second-order valence-electron chi connectivity index (χ2n) is 5.33. The molecule has 1 aliphatic rings. The fourth-order valence-corrected chi connectivity index (χ4v) is 3.48. The molecule has 1 fully saturated rings. The SMILES string of the molecule is CN=C(NCC(C)Oc1ccccc1F)NCC1CCCS1.I. The minimum Gasteiger partial charge on any atom is -0.486 e. The van der Waals surface area contributed by atoms with Gasteiger partial charge in [0.15, 0.2) is 17.5 Å². The molecule has 2 rings (SSSR count). The monoisotopic (exact) mass is 453 g/mol. The Labute approximate surface area is 159 Å². The van der Waals surface area contributed by atoms with Crippen LogP contribution in [0.15, 0.2) is 29.3 Å². The molecule has 1 aromatic carbocycles. The van der Waals surface area contributed by atoms with Crippen molar-refractivity contribution in [3.05, 3.63) is 30.1 Å². The second-order valence-corrected chi connectivity index (χ2v) is 6.74. The summed E-state index contributed by atoms with van der Waals surface area (Å²) in [6.45, 7) is 3.39. The zero-order valence-electron chi connectivity index (χ0n) is 13.5. The number of nitrogens with one attached hydrogen (secondary N) is 2. The van der Waals surface area contributed by atoms with Crippen LogP contribution in [0.4, 0.5) is 4.39 Å². The molecule has 0 spiro atoms. The number of ether oxygens (including phenoxy) is 1. The van der Waals surface area contributed by atoms with E-state index in [2.05, 4.69) is 15.6 Å². The molecular formula is C16H25FIN3OS. The molecule has 0 saturated carbocycles. The van der Waals surface area contributed by atoms with E-state index in [1.54, 1.807) is 25.2 Å². The summed E-state index contributed by atoms with van der Waals surface area (Å²) >= 11 is 2.01. The first-order valence-electron chi connectivity index (χ1n) is 7.66. The molecule has 23 heavy (non-hydrogen) atoms. The first-order chi connectivity index (χ1) is 10.7. The molecule has 130 valence electrons. The van der Waals surface area contributed by atoms with Crippen molar-refractivity contribution in [2.45, 2.75) is 31.1 Å². The summed E-state index contributed by atoms with van der Waals surface area (Å²) in [5, 5.41) is 7.22. The zero-order chi connectivity index (χ0) is 15.8. The number of benzene rings is 1. The summed E-state index contributed by atoms with van der Waals surface area (Å²) in [6.07, 6.45) is 2.41. The zero-order valence-corrected chi connectivity index (χ0v) is 16.7. The molecule has 0 radical (unpaired) electrons. The van der Waals surface area contributed by atoms with Gasteiger partial charge in [-0.2, -0.15) is 11.8 Å². The summed E-state index contributed by atoms with van der Waals surface area (Å²) in [5.41, 5.74) is 0. The van der Waals surface area contributed by atoms with Crippen LogP contribution in [0, 0.1) is 5.82 Å². The predicted octanol–water partition coefficient (Wildman–Crippen LogP) is 3.27. The quantitative estimate of drug-likeness (QED) is 0.395. The highest BCUT2D eigenvalue weighted by molar-refractivity contribution is 14.0. The van der Waals surface area contributed by atoms with Crippen LogP contribution in [0.2, 0.25) is 0 Å². The van der Waals surface area contributed by atoms with Crippen molar-refractivity contribution in [2.24, 2.45) is 4.99 Å². The number of hydrogen-bond acceptors (Lipinski definition) is 3. The fourth-order valence-electron chi connectivity index (χ4n) is 2.28. The van der Waals surface area contributed by atoms with Gasteiger partial charge in [0.2, 0.25) is 0 Å². The Morgan fingerprint density at radius 1 is 1.43 bits per heavy atom. The number of hydrogen-bond donors (Lipinski definition) is 2. The van der Waals surface area contributed by atoms with Crippen molar-refractivity contribution in [2.75, 3.05) is 25.9 Å². The van der Waals surface area contributed by atoms with E-state index in [0.29, 0.717) is 11.8 Å². The molecule has 2 unspecified atom stereocenters. The number of rotatable bonds is 6. The minimum absolute atomic E-state index is 0. The Bertz CT molecular complexity index is 498. The van der Waals surface area contributed by atoms with Gasteiger partial charge in [-0.15, -0.1) is 24.0 Å². The van der Waals surface area contributed by atoms with Gasteiger partial charge < -0.3 is 15.4 Å². The number of thioether (sulfide) groups is 1. The van der Waals surface area contributed by atoms with Crippen LogP contribution < -0.4 is 15.4 Å². The Kier molecular flexibility index (Phi) is 9.69. The molecular weight excluding hydrogens is 428 g/mol. The van der Waals surface area contributed by atoms with Crippen molar-refractivity contribution in [3.63, 3.8) is 0 Å². The van der Waals surface area contributed by atoms with Gasteiger partial charge in [0, 0.05) is 18.8 Å². The maximum absolute atomic E-state index is 13.5. The van der Waals surface area contributed by atoms with Crippen LogP contribution in [0.1, 0.15) is 19.8 Å². The van der Waals surface area contributed by atoms with E-state index in [0.717, 1.165) is 12.5 Å². The van der Waals surface area contributed by atoms with Crippen molar-refractivity contribution >= 4 is 41.7 Å². The number of halogens is 2. The highest BCUT2D eigenvalue weighted by Gasteiger charge is 2.16. The number of para-hydroxylation sites is 1. The lowest BCUT2D eigenvalue weighted by Gasteiger charge is -2.19. The molecule has 1 aromatic rings. The summed E-state index contributed by atoms with van der Waals surface area (Å²) in [5.74, 6) is 1.96. The first-order valence-corrected chi connectivity index (χ1v) is 8.71. The Morgan fingerprint density at radius 3 is 2.87 bits per heavy atom. The molecule has 0 amide bonds. The smallest absolute Gasteiger partial charge is 0.191 e. The van der Waals surface area contributed by atoms with E-state index < -0.39 is 0 Å². The molecule has 1 aliphatic heterocycles. The summed E-state index contributed by atoms with van der Waals surface area (Å²) in [7, 11) is 1.75. The standard InChI is InChI=1S/C16H24FN3OS.HI/c1-12(21-15-8-4-3-7-14(15)17)10-19-16(18-2)20-11-13-6-5-9-22-13;/h3-4,7-8,12-13H,5-6,9-11H2,1-2H3,(H2,18,19,20);1H. The summed E-state index contributed by atoms with van der Waals surface area (Å²) < 4.78 is 19.1. The maximum Gasteiger partial charge on any atom is 0.191 e. The first kappa shape index (κ1) is 20.3. The van der Waals surface area contributed by atoms with E-state index in [9.17, 15) is 4.39 Å². The molecule has 4 nitrogen and oxygen atoms in total. The van der Waals surface area contributed by atoms with Gasteiger partial charge in [-0.25, -0.2) is 4.39 Å². The van der Waals surface area contributed by atoms with E-state index in [1.807, 2.05) is 18.7 Å². The maximum atomic E-state index is 13.5. The molecule has 0 aromatic heterocycles. The number of nitrogens with zero attached hydrogens (tertiary/aromatic N) is 1. The van der Waals surface area contributed by atoms with Crippen molar-refractivity contribution in [1.82, 2.24) is 10.6 Å². The molecule has 7 heteroatoms. The van der Waals surface area contributed by atoms with Gasteiger partial charge in [-0.1, -0.05) is 12.1 Å². The predicted molar refractivity (Wildman–Crippen MR) is 107 cm³/mol. The van der Waals surface area contributed by atoms with Crippen molar-refractivity contribution in [3.8, 4) is 5.75 Å². The molecule has 0 bridgehead atoms. The lowest BCUT2D eigenvalue weighted by molar-refractivity contribution is 0.214. The van der Waals surface area contributed by atoms with Gasteiger partial charge in [-0.05, 0) is 37.7 Å². The minimum atomic E-state index is -0.338. The third kappa shape index (κ3) is 7.15. The van der Waals surface area contributed by atoms with Crippen LogP contribution in [-0.2, 0) is 0 Å². The topological polar surface area (TPSA) is 45.7 Å². The fraction of sp³-hybridized carbons (Fsp3) is 0.562. The Hall–Kier alpha value is -0.700. The molecule has 1 saturated heterocycles. The van der Waals surface area contributed by atoms with Crippen LogP contribution >= 0.6 is 35.7 Å². The lowest BCUT2D eigenvalue weighted by atomic mass is 10.2. The van der Waals surface area contributed by atoms with Crippen molar-refractivity contribution in [1.29, 1.82) is 0 Å². The molecule has 2 N–H and O–H groups in total. The van der Waals surface area contributed by atoms with Crippen LogP contribution in [0.5, 0.6) is 5.75 Å². The Balaban J connectivity index is 0.00000264. The highest BCUT2D eigenvalue weighted by Crippen LogP contribution is 2.25. The van der Waals surface area contributed by atoms with Gasteiger partial charge in [0.05, 0.1) is 6.54 Å². The van der Waals surface area contributed by atoms with Gasteiger partial charge in [-0.3, -0.25) is 4.99 Å². The van der Waals surface area contributed by atoms with E-state index in [-0.39, 0.29) is 41.6 Å².